The van der Waals surface area contributed by atoms with E-state index in [4.69, 9.17) is 9.47 Å². The van der Waals surface area contributed by atoms with Crippen LogP contribution in [0.4, 0.5) is 0 Å². The Hall–Kier alpha value is -2.67. The lowest BCUT2D eigenvalue weighted by molar-refractivity contribution is 0.0305. The molecule has 1 aromatic heterocycles. The predicted octanol–water partition coefficient (Wildman–Crippen LogP) is 1.74. The number of carbonyl (C=O) groups excluding carboxylic acids is 1. The summed E-state index contributed by atoms with van der Waals surface area (Å²) in [7, 11) is 0. The molecule has 3 aliphatic heterocycles. The number of hydrogen-bond donors (Lipinski definition) is 0. The Balaban J connectivity index is 1.23. The summed E-state index contributed by atoms with van der Waals surface area (Å²) in [6.45, 7) is 3.85. The minimum Gasteiger partial charge on any atom is -0.486 e. The SMILES string of the molecule is O=C1c2ncncc2CN1[C@H]1CCCN(C[C@H]2COc3ccccc3O2)C1. The number of para-hydroxylation sites is 2. The van der Waals surface area contributed by atoms with E-state index in [-0.39, 0.29) is 18.1 Å². The fourth-order valence-electron chi connectivity index (χ4n) is 4.25. The number of ether oxygens (including phenoxy) is 2. The van der Waals surface area contributed by atoms with Crippen LogP contribution in [0.5, 0.6) is 11.5 Å². The van der Waals surface area contributed by atoms with Crippen LogP contribution in [0.15, 0.2) is 36.8 Å². The van der Waals surface area contributed by atoms with Crippen LogP contribution in [0.1, 0.15) is 28.9 Å². The van der Waals surface area contributed by atoms with Crippen molar-refractivity contribution in [2.24, 2.45) is 0 Å². The summed E-state index contributed by atoms with van der Waals surface area (Å²) in [4.78, 5) is 25.3. The van der Waals surface area contributed by atoms with Gasteiger partial charge in [-0.1, -0.05) is 12.1 Å². The molecule has 27 heavy (non-hydrogen) atoms. The highest BCUT2D eigenvalue weighted by Crippen LogP contribution is 2.32. The standard InChI is InChI=1S/C20H22N4O3/c25-20-19-14(8-21-13-22-19)9-24(20)15-4-3-7-23(10-15)11-16-12-26-17-5-1-2-6-18(17)27-16/h1-2,5-6,8,13,15-16H,3-4,7,9-12H2/t15-,16-/m0/s1. The van der Waals surface area contributed by atoms with Gasteiger partial charge >= 0.3 is 0 Å². The van der Waals surface area contributed by atoms with Crippen molar-refractivity contribution in [3.63, 3.8) is 0 Å². The van der Waals surface area contributed by atoms with Gasteiger partial charge in [-0.3, -0.25) is 9.69 Å². The number of aromatic nitrogens is 2. The van der Waals surface area contributed by atoms with Gasteiger partial charge in [0.25, 0.3) is 5.91 Å². The van der Waals surface area contributed by atoms with E-state index in [2.05, 4.69) is 14.9 Å². The number of hydrogen-bond acceptors (Lipinski definition) is 6. The monoisotopic (exact) mass is 366 g/mol. The molecule has 0 unspecified atom stereocenters. The maximum atomic E-state index is 12.7. The lowest BCUT2D eigenvalue weighted by Crippen LogP contribution is -2.51. The third-order valence-corrected chi connectivity index (χ3v) is 5.54. The average molecular weight is 366 g/mol. The third kappa shape index (κ3) is 3.12. The van der Waals surface area contributed by atoms with Crippen molar-refractivity contribution >= 4 is 5.91 Å². The Bertz CT molecular complexity index is 859. The highest BCUT2D eigenvalue weighted by Gasteiger charge is 2.36. The maximum Gasteiger partial charge on any atom is 0.273 e. The molecule has 2 aromatic rings. The number of amides is 1. The summed E-state index contributed by atoms with van der Waals surface area (Å²) < 4.78 is 11.9. The second-order valence-electron chi connectivity index (χ2n) is 7.38. The van der Waals surface area contributed by atoms with Gasteiger partial charge in [0.05, 0.1) is 6.54 Å². The van der Waals surface area contributed by atoms with Crippen LogP contribution in [-0.4, -0.2) is 64.1 Å². The quantitative estimate of drug-likeness (QED) is 0.824. The summed E-state index contributed by atoms with van der Waals surface area (Å²) in [6.07, 6.45) is 5.31. The minimum absolute atomic E-state index is 0.0102. The first kappa shape index (κ1) is 16.5. The van der Waals surface area contributed by atoms with Gasteiger partial charge in [-0.15, -0.1) is 0 Å². The molecule has 1 saturated heterocycles. The summed E-state index contributed by atoms with van der Waals surface area (Å²) >= 11 is 0. The van der Waals surface area contributed by atoms with Crippen LogP contribution in [0.3, 0.4) is 0 Å². The van der Waals surface area contributed by atoms with Gasteiger partial charge < -0.3 is 14.4 Å². The third-order valence-electron chi connectivity index (χ3n) is 5.54. The zero-order valence-corrected chi connectivity index (χ0v) is 15.1. The van der Waals surface area contributed by atoms with Crippen molar-refractivity contribution in [2.45, 2.75) is 31.5 Å². The molecule has 7 nitrogen and oxygen atoms in total. The number of nitrogens with zero attached hydrogens (tertiary/aromatic N) is 4. The fourth-order valence-corrected chi connectivity index (χ4v) is 4.25. The lowest BCUT2D eigenvalue weighted by atomic mass is 10.0. The summed E-state index contributed by atoms with van der Waals surface area (Å²) in [5, 5.41) is 0. The largest absolute Gasteiger partial charge is 0.486 e. The minimum atomic E-state index is 0.0102. The topological polar surface area (TPSA) is 67.8 Å². The Labute approximate surface area is 157 Å². The average Bonchev–Trinajstić information content (AvgIpc) is 3.05. The van der Waals surface area contributed by atoms with Crippen LogP contribution in [0.25, 0.3) is 0 Å². The number of benzene rings is 1. The molecule has 5 rings (SSSR count). The van der Waals surface area contributed by atoms with Crippen molar-refractivity contribution in [3.05, 3.63) is 48.0 Å². The molecule has 0 spiro atoms. The van der Waals surface area contributed by atoms with Crippen molar-refractivity contribution in [3.8, 4) is 11.5 Å². The summed E-state index contributed by atoms with van der Waals surface area (Å²) in [5.74, 6) is 1.66. The molecule has 0 aliphatic carbocycles. The Morgan fingerprint density at radius 2 is 2.11 bits per heavy atom. The molecule has 0 bridgehead atoms. The Morgan fingerprint density at radius 1 is 1.22 bits per heavy atom. The van der Waals surface area contributed by atoms with Crippen LogP contribution >= 0.6 is 0 Å². The first-order valence-electron chi connectivity index (χ1n) is 9.48. The molecule has 0 saturated carbocycles. The number of likely N-dealkylation sites (tertiary alicyclic amines) is 1. The second kappa shape index (κ2) is 6.81. The summed E-state index contributed by atoms with van der Waals surface area (Å²) in [6, 6.07) is 8.00. The van der Waals surface area contributed by atoms with Crippen LogP contribution < -0.4 is 9.47 Å². The van der Waals surface area contributed by atoms with Crippen molar-refractivity contribution in [1.29, 1.82) is 0 Å². The van der Waals surface area contributed by atoms with Gasteiger partial charge in [-0.2, -0.15) is 0 Å². The van der Waals surface area contributed by atoms with Gasteiger partial charge in [-0.05, 0) is 31.5 Å². The molecule has 140 valence electrons. The molecule has 1 fully saturated rings. The molecule has 2 atom stereocenters. The molecule has 4 heterocycles. The molecular weight excluding hydrogens is 344 g/mol. The normalized spacial score (nSPS) is 24.7. The van der Waals surface area contributed by atoms with E-state index in [1.807, 2.05) is 29.2 Å². The molecule has 7 heteroatoms. The maximum absolute atomic E-state index is 12.7. The number of carbonyl (C=O) groups is 1. The van der Waals surface area contributed by atoms with Crippen molar-refractivity contribution < 1.29 is 14.3 Å². The van der Waals surface area contributed by atoms with E-state index in [1.54, 1.807) is 6.20 Å². The molecule has 0 N–H and O–H groups in total. The molecule has 1 aromatic carbocycles. The first-order chi connectivity index (χ1) is 13.3. The summed E-state index contributed by atoms with van der Waals surface area (Å²) in [5.41, 5.74) is 1.49. The van der Waals surface area contributed by atoms with Gasteiger partial charge in [0, 0.05) is 30.9 Å². The first-order valence-corrected chi connectivity index (χ1v) is 9.48. The number of piperidine rings is 1. The van der Waals surface area contributed by atoms with E-state index >= 15 is 0 Å². The van der Waals surface area contributed by atoms with E-state index in [0.717, 1.165) is 49.5 Å². The molecule has 0 radical (unpaired) electrons. The van der Waals surface area contributed by atoms with Crippen molar-refractivity contribution in [2.75, 3.05) is 26.2 Å². The van der Waals surface area contributed by atoms with E-state index < -0.39 is 0 Å². The zero-order chi connectivity index (χ0) is 18.2. The highest BCUT2D eigenvalue weighted by molar-refractivity contribution is 5.96. The highest BCUT2D eigenvalue weighted by atomic mass is 16.6. The van der Waals surface area contributed by atoms with Crippen LogP contribution in [0, 0.1) is 0 Å². The fraction of sp³-hybridized carbons (Fsp3) is 0.450. The van der Waals surface area contributed by atoms with Crippen LogP contribution in [-0.2, 0) is 6.54 Å². The van der Waals surface area contributed by atoms with E-state index in [9.17, 15) is 4.79 Å². The Kier molecular flexibility index (Phi) is 4.16. The predicted molar refractivity (Wildman–Crippen MR) is 97.7 cm³/mol. The Morgan fingerprint density at radius 3 is 3.00 bits per heavy atom. The number of rotatable bonds is 3. The van der Waals surface area contributed by atoms with Crippen molar-refractivity contribution in [1.82, 2.24) is 19.8 Å². The molecule has 3 aliphatic rings. The van der Waals surface area contributed by atoms with Gasteiger partial charge in [-0.25, -0.2) is 9.97 Å². The second-order valence-corrected chi connectivity index (χ2v) is 7.38. The van der Waals surface area contributed by atoms with Crippen LogP contribution in [0.2, 0.25) is 0 Å². The van der Waals surface area contributed by atoms with E-state index in [0.29, 0.717) is 18.8 Å². The van der Waals surface area contributed by atoms with Gasteiger partial charge in [0.15, 0.2) is 11.5 Å². The van der Waals surface area contributed by atoms with Gasteiger partial charge in [0.1, 0.15) is 24.7 Å². The number of fused-ring (bicyclic) bond motifs is 2. The van der Waals surface area contributed by atoms with Gasteiger partial charge in [0.2, 0.25) is 0 Å². The zero-order valence-electron chi connectivity index (χ0n) is 15.1. The smallest absolute Gasteiger partial charge is 0.273 e. The molecule has 1 amide bonds. The molecular formula is C20H22N4O3. The lowest BCUT2D eigenvalue weighted by Gasteiger charge is -2.39. The van der Waals surface area contributed by atoms with E-state index in [1.165, 1.54) is 6.33 Å².